The Morgan fingerprint density at radius 2 is 1.89 bits per heavy atom. The molecule has 0 aliphatic carbocycles. The number of phenols is 1. The van der Waals surface area contributed by atoms with Gasteiger partial charge in [0.2, 0.25) is 0 Å². The molecule has 2 aromatic carbocycles. The van der Waals surface area contributed by atoms with Crippen LogP contribution in [-0.2, 0) is 12.8 Å². The van der Waals surface area contributed by atoms with Crippen LogP contribution in [0.4, 0.5) is 0 Å². The molecule has 0 fully saturated rings. The minimum Gasteiger partial charge on any atom is -0.507 e. The number of hydrogen-bond acceptors (Lipinski definition) is 4. The summed E-state index contributed by atoms with van der Waals surface area (Å²) in [7, 11) is 0. The summed E-state index contributed by atoms with van der Waals surface area (Å²) in [6.07, 6.45) is 2.63. The predicted octanol–water partition coefficient (Wildman–Crippen LogP) is 3.16. The largest absolute Gasteiger partial charge is 0.507 e. The minimum atomic E-state index is -0.507. The zero-order chi connectivity index (χ0) is 18.6. The maximum absolute atomic E-state index is 10.4. The van der Waals surface area contributed by atoms with Gasteiger partial charge in [0.15, 0.2) is 0 Å². The number of phenolic OH excluding ortho intramolecular Hbond substituents is 1. The van der Waals surface area contributed by atoms with Crippen LogP contribution in [0.15, 0.2) is 60.8 Å². The molecule has 1 unspecified atom stereocenters. The smallest absolute Gasteiger partial charge is 0.125 e. The average Bonchev–Trinajstić information content (AvgIpc) is 3.09. The van der Waals surface area contributed by atoms with Crippen LogP contribution in [0.25, 0.3) is 21.8 Å². The van der Waals surface area contributed by atoms with Crippen molar-refractivity contribution in [2.75, 3.05) is 13.1 Å². The van der Waals surface area contributed by atoms with Crippen LogP contribution >= 0.6 is 0 Å². The van der Waals surface area contributed by atoms with Crippen LogP contribution in [0, 0.1) is 0 Å². The number of aromatic nitrogens is 2. The Hall–Kier alpha value is -2.89. The van der Waals surface area contributed by atoms with Gasteiger partial charge in [-0.25, -0.2) is 0 Å². The molecule has 0 aliphatic heterocycles. The molecule has 5 heteroatoms. The van der Waals surface area contributed by atoms with Gasteiger partial charge in [0, 0.05) is 54.1 Å². The highest BCUT2D eigenvalue weighted by Gasteiger charge is 2.14. The zero-order valence-corrected chi connectivity index (χ0v) is 15.0. The second kappa shape index (κ2) is 7.78. The van der Waals surface area contributed by atoms with Crippen molar-refractivity contribution in [3.05, 3.63) is 72.1 Å². The molecule has 5 nitrogen and oxygen atoms in total. The van der Waals surface area contributed by atoms with Crippen LogP contribution in [0.5, 0.6) is 5.75 Å². The van der Waals surface area contributed by atoms with E-state index in [-0.39, 0.29) is 5.75 Å². The molecule has 0 aliphatic rings. The van der Waals surface area contributed by atoms with Gasteiger partial charge in [-0.15, -0.1) is 0 Å². The van der Waals surface area contributed by atoms with Gasteiger partial charge in [-0.05, 0) is 29.8 Å². The van der Waals surface area contributed by atoms with E-state index in [1.54, 1.807) is 12.3 Å². The van der Waals surface area contributed by atoms with Gasteiger partial charge in [0.25, 0.3) is 0 Å². The number of aromatic hydroxyl groups is 1. The fourth-order valence-corrected chi connectivity index (χ4v) is 3.52. The molecule has 2 heterocycles. The normalized spacial score (nSPS) is 12.6. The molecule has 0 saturated carbocycles. The maximum atomic E-state index is 10.4. The van der Waals surface area contributed by atoms with Crippen molar-refractivity contribution in [3.8, 4) is 5.75 Å². The summed E-state index contributed by atoms with van der Waals surface area (Å²) >= 11 is 0. The third-order valence-electron chi connectivity index (χ3n) is 4.85. The van der Waals surface area contributed by atoms with Gasteiger partial charge in [0.1, 0.15) is 5.75 Å². The number of hydrogen-bond donors (Lipinski definition) is 4. The molecule has 2 aromatic heterocycles. The Labute approximate surface area is 157 Å². The molecule has 0 radical (unpaired) electrons. The minimum absolute atomic E-state index is 0.258. The molecule has 0 bridgehead atoms. The summed E-state index contributed by atoms with van der Waals surface area (Å²) in [5.41, 5.74) is 3.91. The number of fused-ring (bicyclic) bond motifs is 3. The van der Waals surface area contributed by atoms with Gasteiger partial charge in [-0.2, -0.15) is 0 Å². The van der Waals surface area contributed by atoms with Crippen molar-refractivity contribution in [1.82, 2.24) is 15.3 Å². The van der Waals surface area contributed by atoms with Crippen LogP contribution in [0.2, 0.25) is 0 Å². The second-order valence-corrected chi connectivity index (χ2v) is 6.80. The van der Waals surface area contributed by atoms with Crippen molar-refractivity contribution in [2.24, 2.45) is 0 Å². The number of benzene rings is 2. The molecule has 4 aromatic rings. The number of H-pyrrole nitrogens is 1. The van der Waals surface area contributed by atoms with E-state index < -0.39 is 6.10 Å². The molecule has 138 valence electrons. The standard InChI is InChI=1S/C22H23N3O2/c26-17(14-23-12-10-16-5-3-4-11-24-16)13-15-8-9-20(27)21-18-6-1-2-7-19(18)25-22(15)21/h1-9,11,17,23,25-27H,10,12-14H2. The maximum Gasteiger partial charge on any atom is 0.125 e. The molecular formula is C22H23N3O2. The number of nitrogens with one attached hydrogen (secondary N) is 2. The predicted molar refractivity (Wildman–Crippen MR) is 108 cm³/mol. The van der Waals surface area contributed by atoms with Gasteiger partial charge in [-0.1, -0.05) is 30.3 Å². The third-order valence-corrected chi connectivity index (χ3v) is 4.85. The molecule has 0 spiro atoms. The van der Waals surface area contributed by atoms with Gasteiger partial charge in [0.05, 0.1) is 11.6 Å². The fraction of sp³-hybridized carbons (Fsp3) is 0.227. The molecule has 4 N–H and O–H groups in total. The highest BCUT2D eigenvalue weighted by molar-refractivity contribution is 6.11. The van der Waals surface area contributed by atoms with E-state index in [1.165, 1.54) is 0 Å². The van der Waals surface area contributed by atoms with E-state index in [2.05, 4.69) is 15.3 Å². The zero-order valence-electron chi connectivity index (χ0n) is 15.0. The highest BCUT2D eigenvalue weighted by atomic mass is 16.3. The van der Waals surface area contributed by atoms with Gasteiger partial charge >= 0.3 is 0 Å². The number of pyridine rings is 1. The van der Waals surface area contributed by atoms with Crippen molar-refractivity contribution in [1.29, 1.82) is 0 Å². The molecule has 4 rings (SSSR count). The van der Waals surface area contributed by atoms with E-state index >= 15 is 0 Å². The highest BCUT2D eigenvalue weighted by Crippen LogP contribution is 2.34. The van der Waals surface area contributed by atoms with Crippen LogP contribution in [0.1, 0.15) is 11.3 Å². The molecule has 27 heavy (non-hydrogen) atoms. The van der Waals surface area contributed by atoms with Crippen LogP contribution in [0.3, 0.4) is 0 Å². The van der Waals surface area contributed by atoms with Crippen LogP contribution in [-0.4, -0.2) is 39.4 Å². The SMILES string of the molecule is Oc1ccc(CC(O)CNCCc2ccccn2)c2[nH]c3ccccc3c12. The van der Waals surface area contributed by atoms with Gasteiger partial charge in [-0.3, -0.25) is 4.98 Å². The molecule has 0 amide bonds. The van der Waals surface area contributed by atoms with E-state index in [0.717, 1.165) is 46.0 Å². The Bertz CT molecular complexity index is 1040. The number of aliphatic hydroxyl groups is 1. The van der Waals surface area contributed by atoms with Crippen molar-refractivity contribution >= 4 is 21.8 Å². The number of aliphatic hydroxyl groups excluding tert-OH is 1. The summed E-state index contributed by atoms with van der Waals surface area (Å²) in [4.78, 5) is 7.68. The van der Waals surface area contributed by atoms with E-state index in [0.29, 0.717) is 13.0 Å². The summed E-state index contributed by atoms with van der Waals surface area (Å²) in [6.45, 7) is 1.28. The first-order valence-electron chi connectivity index (χ1n) is 9.22. The van der Waals surface area contributed by atoms with Crippen molar-refractivity contribution in [3.63, 3.8) is 0 Å². The monoisotopic (exact) mass is 361 g/mol. The lowest BCUT2D eigenvalue weighted by atomic mass is 10.0. The average molecular weight is 361 g/mol. The first-order chi connectivity index (χ1) is 13.2. The molecular weight excluding hydrogens is 338 g/mol. The topological polar surface area (TPSA) is 81.2 Å². The molecule has 0 saturated heterocycles. The third kappa shape index (κ3) is 3.79. The van der Waals surface area contributed by atoms with E-state index in [1.807, 2.05) is 48.5 Å². The number of aromatic amines is 1. The first kappa shape index (κ1) is 17.5. The number of nitrogens with zero attached hydrogens (tertiary/aromatic N) is 1. The summed E-state index contributed by atoms with van der Waals surface area (Å²) in [5, 5.41) is 25.8. The fourth-order valence-electron chi connectivity index (χ4n) is 3.52. The summed E-state index contributed by atoms with van der Waals surface area (Å²) < 4.78 is 0. The van der Waals surface area contributed by atoms with Crippen molar-refractivity contribution in [2.45, 2.75) is 18.9 Å². The summed E-state index contributed by atoms with van der Waals surface area (Å²) in [6, 6.07) is 17.4. The second-order valence-electron chi connectivity index (χ2n) is 6.80. The van der Waals surface area contributed by atoms with Crippen molar-refractivity contribution < 1.29 is 10.2 Å². The number of rotatable bonds is 7. The quantitative estimate of drug-likeness (QED) is 0.381. The number of para-hydroxylation sites is 1. The lowest BCUT2D eigenvalue weighted by Crippen LogP contribution is -2.30. The van der Waals surface area contributed by atoms with Crippen LogP contribution < -0.4 is 5.32 Å². The lowest BCUT2D eigenvalue weighted by molar-refractivity contribution is 0.172. The Morgan fingerprint density at radius 3 is 2.74 bits per heavy atom. The Kier molecular flexibility index (Phi) is 5.05. The Balaban J connectivity index is 1.43. The van der Waals surface area contributed by atoms with Gasteiger partial charge < -0.3 is 20.5 Å². The molecule has 1 atom stereocenters. The summed E-state index contributed by atoms with van der Waals surface area (Å²) in [5.74, 6) is 0.258. The lowest BCUT2D eigenvalue weighted by Gasteiger charge is -2.13. The van der Waals surface area contributed by atoms with E-state index in [9.17, 15) is 10.2 Å². The Morgan fingerprint density at radius 1 is 1.04 bits per heavy atom. The van der Waals surface area contributed by atoms with E-state index in [4.69, 9.17) is 0 Å². The first-order valence-corrected chi connectivity index (χ1v) is 9.22.